The normalized spacial score (nSPS) is 10.7. The molecule has 0 atom stereocenters. The van der Waals surface area contributed by atoms with Crippen LogP contribution in [0.1, 0.15) is 17.3 Å². The lowest BCUT2D eigenvalue weighted by atomic mass is 9.93. The number of pyridine rings is 1. The number of benzene rings is 3. The molecule has 0 amide bonds. The molecule has 0 radical (unpaired) electrons. The summed E-state index contributed by atoms with van der Waals surface area (Å²) in [7, 11) is 1.61. The molecule has 9 heteroatoms. The van der Waals surface area contributed by atoms with Crippen molar-refractivity contribution in [3.05, 3.63) is 90.5 Å². The van der Waals surface area contributed by atoms with Gasteiger partial charge in [-0.05, 0) is 49.0 Å². The second-order valence-corrected chi connectivity index (χ2v) is 8.67. The molecule has 0 fully saturated rings. The van der Waals surface area contributed by atoms with Crippen LogP contribution >= 0.6 is 12.2 Å². The fraction of sp³-hybridized carbons (Fsp3) is 0.103. The molecule has 0 aliphatic heterocycles. The summed E-state index contributed by atoms with van der Waals surface area (Å²) in [6.45, 7) is 1.99. The Morgan fingerprint density at radius 1 is 0.921 bits per heavy atom. The number of thiocarbonyl (C=S) groups is 1. The van der Waals surface area contributed by atoms with Crippen molar-refractivity contribution >= 4 is 45.8 Å². The van der Waals surface area contributed by atoms with Gasteiger partial charge in [0.2, 0.25) is 0 Å². The molecule has 5 rings (SSSR count). The van der Waals surface area contributed by atoms with Crippen molar-refractivity contribution in [1.82, 2.24) is 15.2 Å². The Bertz CT molecular complexity index is 1590. The lowest BCUT2D eigenvalue weighted by molar-refractivity contribution is 0.0528. The molecule has 0 saturated carbocycles. The molecule has 0 spiro atoms. The summed E-state index contributed by atoms with van der Waals surface area (Å²) in [5.41, 5.74) is 4.31. The van der Waals surface area contributed by atoms with Crippen LogP contribution in [0.2, 0.25) is 0 Å². The maximum absolute atomic E-state index is 13.5. The molecule has 0 bridgehead atoms. The number of anilines is 2. The number of para-hydroxylation sites is 1. The summed E-state index contributed by atoms with van der Waals surface area (Å²) in [4.78, 5) is 18.4. The average molecular weight is 524 g/mol. The highest BCUT2D eigenvalue weighted by Gasteiger charge is 2.27. The van der Waals surface area contributed by atoms with Crippen molar-refractivity contribution in [2.75, 3.05) is 24.4 Å². The highest BCUT2D eigenvalue weighted by molar-refractivity contribution is 7.80. The number of nitrogens with zero attached hydrogens (tertiary/aromatic N) is 2. The fourth-order valence-electron chi connectivity index (χ4n) is 4.20. The third-order valence-corrected chi connectivity index (χ3v) is 6.08. The fourth-order valence-corrected chi connectivity index (χ4v) is 4.41. The molecule has 8 nitrogen and oxygen atoms in total. The Hall–Kier alpha value is -4.76. The summed E-state index contributed by atoms with van der Waals surface area (Å²) in [5.74, 6) is 0.638. The number of H-pyrrole nitrogens is 1. The van der Waals surface area contributed by atoms with Gasteiger partial charge in [-0.3, -0.25) is 5.10 Å². The van der Waals surface area contributed by atoms with E-state index in [9.17, 15) is 4.79 Å². The van der Waals surface area contributed by atoms with Gasteiger partial charge in [0.15, 0.2) is 16.6 Å². The molecular formula is C29H25N5O3S. The van der Waals surface area contributed by atoms with Crippen LogP contribution < -0.4 is 15.4 Å². The van der Waals surface area contributed by atoms with Gasteiger partial charge in [-0.15, -0.1) is 0 Å². The quantitative estimate of drug-likeness (QED) is 0.169. The van der Waals surface area contributed by atoms with E-state index in [2.05, 4.69) is 20.8 Å². The smallest absolute Gasteiger partial charge is 0.341 e. The van der Waals surface area contributed by atoms with Crippen molar-refractivity contribution in [1.29, 1.82) is 0 Å². The zero-order chi connectivity index (χ0) is 26.5. The third-order valence-electron chi connectivity index (χ3n) is 5.88. The zero-order valence-corrected chi connectivity index (χ0v) is 21.6. The minimum Gasteiger partial charge on any atom is -0.497 e. The lowest BCUT2D eigenvalue weighted by Gasteiger charge is -2.16. The van der Waals surface area contributed by atoms with E-state index in [4.69, 9.17) is 26.7 Å². The van der Waals surface area contributed by atoms with E-state index in [-0.39, 0.29) is 6.61 Å². The Kier molecular flexibility index (Phi) is 7.28. The molecule has 2 heterocycles. The molecule has 3 N–H and O–H groups in total. The molecule has 0 saturated heterocycles. The van der Waals surface area contributed by atoms with Gasteiger partial charge in [-0.25, -0.2) is 9.78 Å². The SMILES string of the molecule is CCOC(=O)c1c(-c2ccccc2)nc2[nH]nc(NC(=S)Nc3ccccc3)c2c1-c1ccc(OC)cc1. The summed E-state index contributed by atoms with van der Waals surface area (Å²) in [6.07, 6.45) is 0. The number of rotatable bonds is 7. The predicted octanol–water partition coefficient (Wildman–Crippen LogP) is 6.29. The van der Waals surface area contributed by atoms with Crippen molar-refractivity contribution in [3.63, 3.8) is 0 Å². The summed E-state index contributed by atoms with van der Waals surface area (Å²) >= 11 is 5.56. The van der Waals surface area contributed by atoms with Crippen molar-refractivity contribution in [2.24, 2.45) is 0 Å². The number of hydrogen-bond acceptors (Lipinski definition) is 6. The van der Waals surface area contributed by atoms with Crippen LogP contribution in [0.4, 0.5) is 11.5 Å². The van der Waals surface area contributed by atoms with Crippen LogP contribution in [0.25, 0.3) is 33.4 Å². The molecule has 190 valence electrons. The van der Waals surface area contributed by atoms with Crippen molar-refractivity contribution in [3.8, 4) is 28.1 Å². The van der Waals surface area contributed by atoms with Crippen LogP contribution in [0.5, 0.6) is 5.75 Å². The number of fused-ring (bicyclic) bond motifs is 1. The van der Waals surface area contributed by atoms with Crippen molar-refractivity contribution < 1.29 is 14.3 Å². The number of aromatic nitrogens is 3. The number of aromatic amines is 1. The first-order chi connectivity index (χ1) is 18.6. The standard InChI is InChI=1S/C29H25N5O3S/c1-3-37-28(35)23-22(18-14-16-21(36-2)17-15-18)24-26(31-25(23)19-10-6-4-7-11-19)33-34-27(24)32-29(38)30-20-12-8-5-9-13-20/h4-17H,3H2,1-2H3,(H3,30,31,32,33,34,38). The Morgan fingerprint density at radius 3 is 2.26 bits per heavy atom. The highest BCUT2D eigenvalue weighted by Crippen LogP contribution is 2.40. The lowest BCUT2D eigenvalue weighted by Crippen LogP contribution is -2.19. The first-order valence-electron chi connectivity index (χ1n) is 12.0. The Morgan fingerprint density at radius 2 is 1.61 bits per heavy atom. The first-order valence-corrected chi connectivity index (χ1v) is 12.4. The van der Waals surface area contributed by atoms with Crippen LogP contribution in [-0.4, -0.2) is 40.0 Å². The third kappa shape index (κ3) is 5.05. The van der Waals surface area contributed by atoms with Crippen LogP contribution in [0.15, 0.2) is 84.9 Å². The van der Waals surface area contributed by atoms with Gasteiger partial charge < -0.3 is 20.1 Å². The minimum absolute atomic E-state index is 0.217. The second kappa shape index (κ2) is 11.1. The van der Waals surface area contributed by atoms with Gasteiger partial charge in [-0.2, -0.15) is 5.10 Å². The van der Waals surface area contributed by atoms with Crippen LogP contribution in [-0.2, 0) is 4.74 Å². The average Bonchev–Trinajstić information content (AvgIpc) is 3.35. The molecular weight excluding hydrogens is 498 g/mol. The molecule has 0 unspecified atom stereocenters. The van der Waals surface area contributed by atoms with E-state index in [0.29, 0.717) is 44.5 Å². The molecule has 3 aromatic carbocycles. The van der Waals surface area contributed by atoms with Crippen LogP contribution in [0.3, 0.4) is 0 Å². The molecule has 0 aliphatic carbocycles. The van der Waals surface area contributed by atoms with Gasteiger partial charge in [0, 0.05) is 16.8 Å². The zero-order valence-electron chi connectivity index (χ0n) is 20.8. The van der Waals surface area contributed by atoms with E-state index in [1.54, 1.807) is 14.0 Å². The van der Waals surface area contributed by atoms with E-state index in [0.717, 1.165) is 16.8 Å². The molecule has 2 aromatic heterocycles. The van der Waals surface area contributed by atoms with E-state index >= 15 is 0 Å². The minimum atomic E-state index is -0.483. The Balaban J connectivity index is 1.73. The van der Waals surface area contributed by atoms with Gasteiger partial charge in [0.1, 0.15) is 5.75 Å². The van der Waals surface area contributed by atoms with E-state index in [1.165, 1.54) is 0 Å². The summed E-state index contributed by atoms with van der Waals surface area (Å²) in [6, 6.07) is 26.6. The molecule has 5 aromatic rings. The number of ether oxygens (including phenoxy) is 2. The van der Waals surface area contributed by atoms with Gasteiger partial charge >= 0.3 is 5.97 Å². The number of carbonyl (C=O) groups excluding carboxylic acids is 1. The number of methoxy groups -OCH3 is 1. The monoisotopic (exact) mass is 523 g/mol. The van der Waals surface area contributed by atoms with Gasteiger partial charge in [0.25, 0.3) is 0 Å². The topological polar surface area (TPSA) is 101 Å². The largest absolute Gasteiger partial charge is 0.497 e. The summed E-state index contributed by atoms with van der Waals surface area (Å²) < 4.78 is 10.9. The maximum Gasteiger partial charge on any atom is 0.341 e. The van der Waals surface area contributed by atoms with Gasteiger partial charge in [0.05, 0.1) is 30.4 Å². The number of hydrogen-bond donors (Lipinski definition) is 3. The van der Waals surface area contributed by atoms with Crippen LogP contribution in [0, 0.1) is 0 Å². The highest BCUT2D eigenvalue weighted by atomic mass is 32.1. The number of esters is 1. The molecule has 38 heavy (non-hydrogen) atoms. The number of nitrogens with one attached hydrogen (secondary N) is 3. The second-order valence-electron chi connectivity index (χ2n) is 8.27. The van der Waals surface area contributed by atoms with Crippen molar-refractivity contribution in [2.45, 2.75) is 6.92 Å². The van der Waals surface area contributed by atoms with E-state index in [1.807, 2.05) is 84.9 Å². The summed E-state index contributed by atoms with van der Waals surface area (Å²) in [5, 5.41) is 14.8. The molecule has 0 aliphatic rings. The van der Waals surface area contributed by atoms with E-state index < -0.39 is 5.97 Å². The predicted molar refractivity (Wildman–Crippen MR) is 154 cm³/mol. The first kappa shape index (κ1) is 24.9. The maximum atomic E-state index is 13.5. The Labute approximate surface area is 225 Å². The number of carbonyl (C=O) groups is 1. The van der Waals surface area contributed by atoms with Gasteiger partial charge in [-0.1, -0.05) is 60.7 Å².